The van der Waals surface area contributed by atoms with Gasteiger partial charge in [-0.2, -0.15) is 9.97 Å². The summed E-state index contributed by atoms with van der Waals surface area (Å²) in [5, 5.41) is 6.93. The summed E-state index contributed by atoms with van der Waals surface area (Å²) >= 11 is 0. The predicted octanol–water partition coefficient (Wildman–Crippen LogP) is 24.7. The van der Waals surface area contributed by atoms with Crippen LogP contribution in [0.4, 0.5) is 0 Å². The van der Waals surface area contributed by atoms with E-state index in [0.29, 0.717) is 35.1 Å². The molecule has 0 spiro atoms. The largest absolute Gasteiger partial charge is 0.309 e. The quantitative estimate of drug-likeness (QED) is 0.121. The van der Waals surface area contributed by atoms with Crippen molar-refractivity contribution in [3.8, 4) is 130 Å². The smallest absolute Gasteiger partial charge is 0.238 e. The molecule has 0 unspecified atom stereocenters. The van der Waals surface area contributed by atoms with E-state index >= 15 is 0 Å². The van der Waals surface area contributed by atoms with E-state index < -0.39 is 5.41 Å². The molecule has 9 nitrogen and oxygen atoms in total. The molecule has 0 bridgehead atoms. The molecule has 5 aromatic heterocycles. The Hall–Kier alpha value is -14.3. The third-order valence-electron chi connectivity index (χ3n) is 21.9. The van der Waals surface area contributed by atoms with Crippen LogP contribution in [-0.2, 0) is 5.41 Å². The van der Waals surface area contributed by atoms with Gasteiger partial charge in [0.25, 0.3) is 0 Å². The van der Waals surface area contributed by atoms with Crippen LogP contribution in [0.15, 0.2) is 358 Å². The lowest BCUT2D eigenvalue weighted by molar-refractivity contribution is 0.632. The van der Waals surface area contributed by atoms with Crippen molar-refractivity contribution in [3.63, 3.8) is 0 Å². The molecule has 21 rings (SSSR count). The minimum absolute atomic E-state index is 0.435. The lowest BCUT2D eigenvalue weighted by atomic mass is 9.72. The molecule has 1 aliphatic heterocycles. The zero-order valence-electron chi connectivity index (χ0n) is 59.1. The molecule has 0 saturated heterocycles. The average Bonchev–Trinajstić information content (AvgIpc) is 1.50. The third kappa shape index (κ3) is 10.3. The first-order chi connectivity index (χ1) is 53.3. The Balaban J connectivity index is 0.661. The monoisotopic (exact) mass is 1380 g/mol. The standard InChI is InChI=1S/C99H65N9/c1-99(2)84-44-24-43-80-83-61-72(96-101-93(64-30-12-5-13-31-64)100-95(103-96)70-36-22-34-66(54-70)75-57-73(62-26-8-3-9-27-62)56-74(58-75)63-28-10-4-11-29-63)50-53-88(83)107(92(80)84)90-47-25-42-77(91(90)99)69-35-23-37-71(55-69)97-102-94(65-32-14-6-15-33-65)104-98(105-97)108-86-46-21-19-41-79(86)82-60-68(49-52-89(82)108)67-48-51-87-81(59-67)78-40-18-20-45-85(78)106(87)76-38-16-7-17-39-76/h3-61H,1-2H3. The van der Waals surface area contributed by atoms with E-state index in [9.17, 15) is 0 Å². The molecule has 0 fully saturated rings. The second kappa shape index (κ2) is 25.0. The summed E-state index contributed by atoms with van der Waals surface area (Å²) in [5.41, 5.74) is 26.7. The van der Waals surface area contributed by atoms with E-state index in [4.69, 9.17) is 29.9 Å². The van der Waals surface area contributed by atoms with Crippen LogP contribution >= 0.6 is 0 Å². The third-order valence-corrected chi connectivity index (χ3v) is 21.9. The Kier molecular flexibility index (Phi) is 14.4. The molecule has 108 heavy (non-hydrogen) atoms. The summed E-state index contributed by atoms with van der Waals surface area (Å²) in [6.07, 6.45) is 0. The fraction of sp³-hybridized carbons (Fsp3) is 0.0303. The maximum Gasteiger partial charge on any atom is 0.238 e. The van der Waals surface area contributed by atoms with Crippen molar-refractivity contribution in [1.82, 2.24) is 43.6 Å². The number of para-hydroxylation sites is 4. The van der Waals surface area contributed by atoms with Gasteiger partial charge >= 0.3 is 0 Å². The van der Waals surface area contributed by atoms with Crippen molar-refractivity contribution < 1.29 is 0 Å². The number of nitrogens with zero attached hydrogens (tertiary/aromatic N) is 9. The molecular weight excluding hydrogens is 1320 g/mol. The van der Waals surface area contributed by atoms with Crippen LogP contribution in [0.3, 0.4) is 0 Å². The second-order valence-corrected chi connectivity index (χ2v) is 28.6. The number of aromatic nitrogens is 9. The van der Waals surface area contributed by atoms with Crippen LogP contribution in [0.2, 0.25) is 0 Å². The Labute approximate surface area is 623 Å². The highest BCUT2D eigenvalue weighted by Crippen LogP contribution is 2.52. The normalized spacial score (nSPS) is 12.4. The van der Waals surface area contributed by atoms with Crippen LogP contribution in [0.5, 0.6) is 0 Å². The Morgan fingerprint density at radius 1 is 0.222 bits per heavy atom. The molecule has 0 saturated carbocycles. The molecule has 506 valence electrons. The van der Waals surface area contributed by atoms with E-state index in [-0.39, 0.29) is 0 Å². The number of hydrogen-bond donors (Lipinski definition) is 0. The fourth-order valence-electron chi connectivity index (χ4n) is 16.8. The highest BCUT2D eigenvalue weighted by molar-refractivity contribution is 6.15. The molecule has 20 aromatic rings. The van der Waals surface area contributed by atoms with Crippen molar-refractivity contribution in [2.75, 3.05) is 0 Å². The van der Waals surface area contributed by atoms with Crippen LogP contribution in [-0.4, -0.2) is 43.6 Å². The first kappa shape index (κ1) is 62.3. The first-order valence-corrected chi connectivity index (χ1v) is 36.7. The summed E-state index contributed by atoms with van der Waals surface area (Å²) in [6, 6.07) is 128. The number of fused-ring (bicyclic) bond motifs is 11. The maximum atomic E-state index is 5.51. The van der Waals surface area contributed by atoms with Gasteiger partial charge in [-0.3, -0.25) is 4.57 Å². The lowest BCUT2D eigenvalue weighted by Crippen LogP contribution is -2.27. The SMILES string of the molecule is CC1(C)c2c(-c3cccc(-c4nc(-c5ccccc5)nc(-n5c6ccccc6c6cc(-c7ccc8c(c7)c7ccccc7n8-c7ccccc7)ccc65)n4)c3)cccc2-n2c3ccc(-c4nc(-c5ccccc5)nc(-c5cccc(-c6cc(-c7ccccc7)cc(-c7ccccc7)c6)c5)n4)cc3c3cccc1c32. The lowest BCUT2D eigenvalue weighted by Gasteiger charge is -2.36. The molecule has 9 heteroatoms. The number of rotatable bonds is 12. The van der Waals surface area contributed by atoms with Crippen LogP contribution < -0.4 is 0 Å². The minimum Gasteiger partial charge on any atom is -0.309 e. The minimum atomic E-state index is -0.435. The van der Waals surface area contributed by atoms with Crippen molar-refractivity contribution in [2.45, 2.75) is 19.3 Å². The molecule has 15 aromatic carbocycles. The Morgan fingerprint density at radius 3 is 1.16 bits per heavy atom. The molecule has 1 aliphatic rings. The molecular formula is C99H65N9. The van der Waals surface area contributed by atoms with E-state index in [1.807, 2.05) is 36.4 Å². The number of benzene rings is 15. The Bertz CT molecular complexity index is 6940. The van der Waals surface area contributed by atoms with E-state index in [1.54, 1.807) is 0 Å². The van der Waals surface area contributed by atoms with Crippen molar-refractivity contribution in [3.05, 3.63) is 369 Å². The van der Waals surface area contributed by atoms with Gasteiger partial charge in [-0.1, -0.05) is 269 Å². The van der Waals surface area contributed by atoms with Gasteiger partial charge in [0, 0.05) is 71.2 Å². The van der Waals surface area contributed by atoms with Gasteiger partial charge in [-0.15, -0.1) is 0 Å². The van der Waals surface area contributed by atoms with E-state index in [2.05, 4.69) is 349 Å². The summed E-state index contributed by atoms with van der Waals surface area (Å²) < 4.78 is 7.06. The molecule has 0 amide bonds. The number of hydrogen-bond acceptors (Lipinski definition) is 6. The van der Waals surface area contributed by atoms with Crippen LogP contribution in [0, 0.1) is 0 Å². The van der Waals surface area contributed by atoms with Gasteiger partial charge in [0.15, 0.2) is 29.1 Å². The van der Waals surface area contributed by atoms with Crippen LogP contribution in [0.25, 0.3) is 195 Å². The molecule has 0 radical (unpaired) electrons. The molecule has 0 atom stereocenters. The van der Waals surface area contributed by atoms with Gasteiger partial charge in [-0.05, 0) is 170 Å². The van der Waals surface area contributed by atoms with Gasteiger partial charge in [-0.25, -0.2) is 19.9 Å². The van der Waals surface area contributed by atoms with Crippen molar-refractivity contribution in [1.29, 1.82) is 0 Å². The zero-order valence-corrected chi connectivity index (χ0v) is 59.1. The van der Waals surface area contributed by atoms with Gasteiger partial charge in [0.2, 0.25) is 5.95 Å². The second-order valence-electron chi connectivity index (χ2n) is 28.6. The predicted molar refractivity (Wildman–Crippen MR) is 443 cm³/mol. The summed E-state index contributed by atoms with van der Waals surface area (Å²) in [6.45, 7) is 4.75. The van der Waals surface area contributed by atoms with E-state index in [1.165, 1.54) is 43.8 Å². The fourth-order valence-corrected chi connectivity index (χ4v) is 16.8. The highest BCUT2D eigenvalue weighted by Gasteiger charge is 2.38. The van der Waals surface area contributed by atoms with Crippen molar-refractivity contribution in [2.24, 2.45) is 0 Å². The van der Waals surface area contributed by atoms with Gasteiger partial charge in [0.1, 0.15) is 0 Å². The zero-order chi connectivity index (χ0) is 71.6. The maximum absolute atomic E-state index is 5.51. The molecule has 0 aliphatic carbocycles. The summed E-state index contributed by atoms with van der Waals surface area (Å²) in [7, 11) is 0. The van der Waals surface area contributed by atoms with Gasteiger partial charge in [0.05, 0.1) is 38.8 Å². The Morgan fingerprint density at radius 2 is 0.574 bits per heavy atom. The summed E-state index contributed by atoms with van der Waals surface area (Å²) in [4.78, 5) is 32.2. The summed E-state index contributed by atoms with van der Waals surface area (Å²) in [5.74, 6) is 3.50. The topological polar surface area (TPSA) is 92.1 Å². The van der Waals surface area contributed by atoms with Crippen LogP contribution in [0.1, 0.15) is 25.0 Å². The highest BCUT2D eigenvalue weighted by atomic mass is 15.2. The molecule has 0 N–H and O–H groups in total. The average molecular weight is 1380 g/mol. The van der Waals surface area contributed by atoms with Gasteiger partial charge < -0.3 is 9.13 Å². The first-order valence-electron chi connectivity index (χ1n) is 36.7. The van der Waals surface area contributed by atoms with Crippen molar-refractivity contribution >= 4 is 65.4 Å². The molecule has 6 heterocycles. The van der Waals surface area contributed by atoms with E-state index in [0.717, 1.165) is 128 Å².